The highest BCUT2D eigenvalue weighted by Gasteiger charge is 2.58. The van der Waals surface area contributed by atoms with Crippen molar-refractivity contribution >= 4 is 5.71 Å². The smallest absolute Gasteiger partial charge is 0.0596 e. The molecule has 3 fully saturated rings. The molecule has 0 saturated heterocycles. The van der Waals surface area contributed by atoms with Gasteiger partial charge in [0.05, 0.1) is 6.10 Å². The topological polar surface area (TPSA) is 44.1 Å². The number of fused-ring (bicyclic) bond motifs is 5. The van der Waals surface area contributed by atoms with Gasteiger partial charge in [-0.15, -0.1) is 0 Å². The van der Waals surface area contributed by atoms with Gasteiger partial charge in [0.25, 0.3) is 0 Å². The molecule has 5 unspecified atom stereocenters. The van der Waals surface area contributed by atoms with E-state index in [1.165, 1.54) is 38.5 Å². The molecule has 0 bridgehead atoms. The molecule has 116 valence electrons. The maximum Gasteiger partial charge on any atom is 0.0596 e. The van der Waals surface area contributed by atoms with Crippen LogP contribution in [0.25, 0.3) is 0 Å². The van der Waals surface area contributed by atoms with Crippen molar-refractivity contribution in [2.75, 3.05) is 0 Å². The van der Waals surface area contributed by atoms with Gasteiger partial charge in [-0.05, 0) is 86.0 Å². The molecule has 0 heterocycles. The van der Waals surface area contributed by atoms with Gasteiger partial charge in [0.1, 0.15) is 0 Å². The van der Waals surface area contributed by atoms with Gasteiger partial charge < -0.3 is 10.5 Å². The predicted molar refractivity (Wildman–Crippen MR) is 85.4 cm³/mol. The van der Waals surface area contributed by atoms with Crippen molar-refractivity contribution < 1.29 is 5.11 Å². The predicted octanol–water partition coefficient (Wildman–Crippen LogP) is 4.33. The van der Waals surface area contributed by atoms with E-state index in [-0.39, 0.29) is 11.5 Å². The Morgan fingerprint density at radius 2 is 1.86 bits per heavy atom. The fourth-order valence-corrected chi connectivity index (χ4v) is 6.56. The summed E-state index contributed by atoms with van der Waals surface area (Å²) in [5, 5.41) is 18.5. The molecule has 0 aliphatic heterocycles. The second-order valence-electron chi connectivity index (χ2n) is 8.67. The molecule has 4 aliphatic carbocycles. The Morgan fingerprint density at radius 3 is 2.67 bits per heavy atom. The van der Waals surface area contributed by atoms with Crippen LogP contribution in [0, 0.1) is 34.0 Å². The molecule has 0 aromatic rings. The van der Waals surface area contributed by atoms with Crippen LogP contribution in [0.1, 0.15) is 65.2 Å². The Bertz CT molecular complexity index is 510. The monoisotopic (exact) mass is 287 g/mol. The van der Waals surface area contributed by atoms with E-state index in [1.807, 2.05) is 0 Å². The maximum atomic E-state index is 10.5. The van der Waals surface area contributed by atoms with Gasteiger partial charge in [0.15, 0.2) is 0 Å². The number of rotatable bonds is 0. The van der Waals surface area contributed by atoms with Crippen molar-refractivity contribution in [2.24, 2.45) is 28.6 Å². The van der Waals surface area contributed by atoms with E-state index in [0.717, 1.165) is 36.3 Å². The number of aliphatic hydroxyl groups is 1. The minimum atomic E-state index is -0.0623. The lowest BCUT2D eigenvalue weighted by molar-refractivity contribution is -0.0721. The van der Waals surface area contributed by atoms with Gasteiger partial charge >= 0.3 is 0 Å². The first-order chi connectivity index (χ1) is 9.95. The van der Waals surface area contributed by atoms with E-state index in [2.05, 4.69) is 19.9 Å². The molecule has 6 atom stereocenters. The Balaban J connectivity index is 1.69. The summed E-state index contributed by atoms with van der Waals surface area (Å²) < 4.78 is 0. The average Bonchev–Trinajstić information content (AvgIpc) is 2.76. The van der Waals surface area contributed by atoms with E-state index in [0.29, 0.717) is 5.41 Å². The van der Waals surface area contributed by atoms with Crippen LogP contribution >= 0.6 is 0 Å². The zero-order chi connectivity index (χ0) is 14.8. The summed E-state index contributed by atoms with van der Waals surface area (Å²) in [5.41, 5.74) is 2.96. The molecular weight excluding hydrogens is 258 g/mol. The fraction of sp³-hybridized carbons (Fsp3) is 0.842. The van der Waals surface area contributed by atoms with E-state index < -0.39 is 0 Å². The SMILES string of the molecule is CC12CCC(=N)C=C1CCC1C2CC[C@]2(C)C(O)CCC12. The van der Waals surface area contributed by atoms with Crippen molar-refractivity contribution in [2.45, 2.75) is 71.3 Å². The first-order valence-electron chi connectivity index (χ1n) is 8.92. The Hall–Kier alpha value is -0.630. The van der Waals surface area contributed by atoms with Crippen LogP contribution in [0.3, 0.4) is 0 Å². The lowest BCUT2D eigenvalue weighted by Gasteiger charge is -2.57. The number of hydrogen-bond acceptors (Lipinski definition) is 2. The number of aliphatic hydroxyl groups excluding tert-OH is 1. The molecule has 2 N–H and O–H groups in total. The first kappa shape index (κ1) is 14.0. The Morgan fingerprint density at radius 1 is 1.05 bits per heavy atom. The number of nitrogens with one attached hydrogen (secondary N) is 1. The number of allylic oxidation sites excluding steroid dienone is 2. The summed E-state index contributed by atoms with van der Waals surface area (Å²) in [6, 6.07) is 0. The summed E-state index contributed by atoms with van der Waals surface area (Å²) >= 11 is 0. The molecule has 0 spiro atoms. The van der Waals surface area contributed by atoms with Crippen LogP contribution in [0.5, 0.6) is 0 Å². The van der Waals surface area contributed by atoms with Crippen LogP contribution < -0.4 is 0 Å². The van der Waals surface area contributed by atoms with Crippen molar-refractivity contribution in [1.82, 2.24) is 0 Å². The van der Waals surface area contributed by atoms with Crippen molar-refractivity contribution in [3.8, 4) is 0 Å². The van der Waals surface area contributed by atoms with E-state index in [1.54, 1.807) is 5.57 Å². The minimum absolute atomic E-state index is 0.0623. The molecule has 2 nitrogen and oxygen atoms in total. The molecule has 21 heavy (non-hydrogen) atoms. The van der Waals surface area contributed by atoms with Crippen LogP contribution in [0.15, 0.2) is 11.6 Å². The quantitative estimate of drug-likeness (QED) is 0.684. The zero-order valence-electron chi connectivity index (χ0n) is 13.5. The van der Waals surface area contributed by atoms with Crippen LogP contribution in [-0.4, -0.2) is 16.9 Å². The molecule has 4 aliphatic rings. The van der Waals surface area contributed by atoms with Crippen molar-refractivity contribution in [1.29, 1.82) is 5.41 Å². The van der Waals surface area contributed by atoms with Gasteiger partial charge in [-0.1, -0.05) is 19.4 Å². The van der Waals surface area contributed by atoms with Gasteiger partial charge in [0.2, 0.25) is 0 Å². The van der Waals surface area contributed by atoms with E-state index in [4.69, 9.17) is 5.41 Å². The highest BCUT2D eigenvalue weighted by Crippen LogP contribution is 2.65. The standard InChI is InChI=1S/C19H29NO/c1-18-9-7-13(20)11-12(18)3-4-14-15-5-6-17(21)19(15,2)10-8-16(14)18/h11,14-17,20-21H,3-10H2,1-2H3/t14?,15?,16?,17?,18?,19-/m0/s1. The minimum Gasteiger partial charge on any atom is -0.393 e. The van der Waals surface area contributed by atoms with Crippen molar-refractivity contribution in [3.63, 3.8) is 0 Å². The summed E-state index contributed by atoms with van der Waals surface area (Å²) in [4.78, 5) is 0. The first-order valence-corrected chi connectivity index (χ1v) is 8.92. The Kier molecular flexibility index (Phi) is 2.96. The average molecular weight is 287 g/mol. The summed E-state index contributed by atoms with van der Waals surface area (Å²) in [7, 11) is 0. The fourth-order valence-electron chi connectivity index (χ4n) is 6.56. The van der Waals surface area contributed by atoms with Gasteiger partial charge in [-0.2, -0.15) is 0 Å². The zero-order valence-corrected chi connectivity index (χ0v) is 13.5. The molecule has 3 saturated carbocycles. The van der Waals surface area contributed by atoms with Crippen LogP contribution in [-0.2, 0) is 0 Å². The second kappa shape index (κ2) is 4.44. The highest BCUT2D eigenvalue weighted by molar-refractivity contribution is 5.94. The summed E-state index contributed by atoms with van der Waals surface area (Å²) in [6.07, 6.45) is 11.5. The lowest BCUT2D eigenvalue weighted by atomic mass is 9.47. The summed E-state index contributed by atoms with van der Waals surface area (Å²) in [6.45, 7) is 4.84. The molecule has 4 rings (SSSR count). The van der Waals surface area contributed by atoms with Crippen LogP contribution in [0.2, 0.25) is 0 Å². The number of hydrogen-bond donors (Lipinski definition) is 2. The third kappa shape index (κ3) is 1.78. The molecule has 0 amide bonds. The molecule has 0 radical (unpaired) electrons. The van der Waals surface area contributed by atoms with Crippen LogP contribution in [0.4, 0.5) is 0 Å². The molecular formula is C19H29NO. The van der Waals surface area contributed by atoms with Gasteiger partial charge in [-0.3, -0.25) is 0 Å². The summed E-state index contributed by atoms with van der Waals surface area (Å²) in [5.74, 6) is 2.36. The molecule has 0 aromatic carbocycles. The largest absolute Gasteiger partial charge is 0.393 e. The Labute approximate surface area is 128 Å². The van der Waals surface area contributed by atoms with E-state index in [9.17, 15) is 5.11 Å². The lowest BCUT2D eigenvalue weighted by Crippen LogP contribution is -2.51. The third-order valence-corrected chi connectivity index (χ3v) is 7.95. The normalized spacial score (nSPS) is 52.7. The second-order valence-corrected chi connectivity index (χ2v) is 8.67. The molecule has 2 heteroatoms. The van der Waals surface area contributed by atoms with Gasteiger partial charge in [0, 0.05) is 5.71 Å². The highest BCUT2D eigenvalue weighted by atomic mass is 16.3. The third-order valence-electron chi connectivity index (χ3n) is 7.95. The van der Waals surface area contributed by atoms with E-state index >= 15 is 0 Å². The van der Waals surface area contributed by atoms with Gasteiger partial charge in [-0.25, -0.2) is 0 Å². The van der Waals surface area contributed by atoms with Crippen molar-refractivity contribution in [3.05, 3.63) is 11.6 Å². The molecule has 0 aromatic heterocycles. The maximum absolute atomic E-state index is 10.5.